The molecule has 1 saturated heterocycles. The van der Waals surface area contributed by atoms with Gasteiger partial charge in [0.05, 0.1) is 12.0 Å². The summed E-state index contributed by atoms with van der Waals surface area (Å²) in [5, 5.41) is 3.89. The van der Waals surface area contributed by atoms with E-state index in [1.54, 1.807) is 12.4 Å². The van der Waals surface area contributed by atoms with E-state index in [9.17, 15) is 4.79 Å². The van der Waals surface area contributed by atoms with Crippen LogP contribution in [0.5, 0.6) is 0 Å². The van der Waals surface area contributed by atoms with Crippen LogP contribution in [0.15, 0.2) is 73.1 Å². The predicted octanol–water partition coefficient (Wildman–Crippen LogP) is 3.92. The molecule has 3 heterocycles. The zero-order chi connectivity index (χ0) is 21.2. The van der Waals surface area contributed by atoms with Crippen LogP contribution in [0.2, 0.25) is 5.02 Å². The lowest BCUT2D eigenvalue weighted by molar-refractivity contribution is -0.126. The Morgan fingerprint density at radius 1 is 1.06 bits per heavy atom. The number of para-hydroxylation sites is 1. The highest BCUT2D eigenvalue weighted by molar-refractivity contribution is 6.30. The van der Waals surface area contributed by atoms with Gasteiger partial charge in [-0.15, -0.1) is 0 Å². The van der Waals surface area contributed by atoms with Gasteiger partial charge in [-0.25, -0.2) is 0 Å². The predicted molar refractivity (Wildman–Crippen MR) is 125 cm³/mol. The average molecular weight is 433 g/mol. The fourth-order valence-corrected chi connectivity index (χ4v) is 4.89. The third-order valence-corrected chi connectivity index (χ3v) is 6.59. The highest BCUT2D eigenvalue weighted by Gasteiger charge is 2.41. The highest BCUT2D eigenvalue weighted by atomic mass is 35.5. The first kappa shape index (κ1) is 19.9. The van der Waals surface area contributed by atoms with Crippen LogP contribution < -0.4 is 15.1 Å². The van der Waals surface area contributed by atoms with Crippen molar-refractivity contribution in [1.29, 1.82) is 0 Å². The van der Waals surface area contributed by atoms with Gasteiger partial charge in [-0.2, -0.15) is 0 Å². The lowest BCUT2D eigenvalue weighted by atomic mass is 9.83. The third-order valence-electron chi connectivity index (χ3n) is 6.34. The van der Waals surface area contributed by atoms with Crippen molar-refractivity contribution in [2.24, 2.45) is 5.92 Å². The van der Waals surface area contributed by atoms with Gasteiger partial charge in [0.1, 0.15) is 0 Å². The van der Waals surface area contributed by atoms with Gasteiger partial charge in [-0.05, 0) is 53.9 Å². The number of piperazine rings is 1. The summed E-state index contributed by atoms with van der Waals surface area (Å²) in [5.74, 6) is -0.00650. The monoisotopic (exact) mass is 432 g/mol. The number of halogens is 1. The minimum atomic E-state index is -0.110. The Balaban J connectivity index is 1.39. The average Bonchev–Trinajstić information content (AvgIpc) is 2.83. The summed E-state index contributed by atoms with van der Waals surface area (Å²) < 4.78 is 0. The van der Waals surface area contributed by atoms with Crippen LogP contribution in [0.1, 0.15) is 11.1 Å². The summed E-state index contributed by atoms with van der Waals surface area (Å²) in [5.41, 5.74) is 4.67. The minimum Gasteiger partial charge on any atom is -0.368 e. The smallest absolute Gasteiger partial charge is 0.225 e. The maximum atomic E-state index is 13.3. The molecule has 2 aliphatic heterocycles. The normalized spacial score (nSPS) is 20.0. The van der Waals surface area contributed by atoms with E-state index in [1.807, 2.05) is 24.3 Å². The lowest BCUT2D eigenvalue weighted by Crippen LogP contribution is -2.61. The zero-order valence-electron chi connectivity index (χ0n) is 17.2. The van der Waals surface area contributed by atoms with Crippen molar-refractivity contribution in [3.63, 3.8) is 0 Å². The number of carbonyl (C=O) groups is 1. The number of hydrogen-bond donors (Lipinski definition) is 1. The van der Waals surface area contributed by atoms with Gasteiger partial charge in [-0.1, -0.05) is 35.9 Å². The molecule has 3 aromatic rings. The van der Waals surface area contributed by atoms with E-state index in [2.05, 4.69) is 56.5 Å². The van der Waals surface area contributed by atoms with Crippen LogP contribution in [-0.4, -0.2) is 36.6 Å². The molecule has 5 rings (SSSR count). The SMILES string of the molecule is O=C(NCc1cccnc1)C1Cc2ccccc2N2CCN(c3ccc(Cl)cc3)CC12. The lowest BCUT2D eigenvalue weighted by Gasteiger charge is -2.49. The van der Waals surface area contributed by atoms with Crippen LogP contribution >= 0.6 is 11.6 Å². The van der Waals surface area contributed by atoms with Crippen molar-refractivity contribution in [2.45, 2.75) is 19.0 Å². The zero-order valence-corrected chi connectivity index (χ0v) is 18.0. The van der Waals surface area contributed by atoms with Gasteiger partial charge in [0.15, 0.2) is 0 Å². The first-order valence-electron chi connectivity index (χ1n) is 10.7. The van der Waals surface area contributed by atoms with Crippen molar-refractivity contribution in [3.8, 4) is 0 Å². The number of pyridine rings is 1. The molecule has 0 spiro atoms. The Morgan fingerprint density at radius 2 is 1.90 bits per heavy atom. The number of fused-ring (bicyclic) bond motifs is 3. The Kier molecular flexibility index (Phi) is 5.51. The summed E-state index contributed by atoms with van der Waals surface area (Å²) in [4.78, 5) is 22.3. The topological polar surface area (TPSA) is 48.5 Å². The molecule has 0 aliphatic carbocycles. The van der Waals surface area contributed by atoms with E-state index >= 15 is 0 Å². The van der Waals surface area contributed by atoms with Crippen LogP contribution in [-0.2, 0) is 17.8 Å². The minimum absolute atomic E-state index is 0.103. The number of nitrogens with zero attached hydrogens (tertiary/aromatic N) is 3. The van der Waals surface area contributed by atoms with Gasteiger partial charge in [0.2, 0.25) is 5.91 Å². The Morgan fingerprint density at radius 3 is 2.71 bits per heavy atom. The quantitative estimate of drug-likeness (QED) is 0.678. The van der Waals surface area contributed by atoms with Crippen molar-refractivity contribution in [2.75, 3.05) is 29.4 Å². The number of carbonyl (C=O) groups excluding carboxylic acids is 1. The van der Waals surface area contributed by atoms with Gasteiger partial charge in [0, 0.05) is 55.0 Å². The number of hydrogen-bond acceptors (Lipinski definition) is 4. The second-order valence-corrected chi connectivity index (χ2v) is 8.64. The van der Waals surface area contributed by atoms with E-state index in [-0.39, 0.29) is 17.9 Å². The largest absolute Gasteiger partial charge is 0.368 e. The van der Waals surface area contributed by atoms with Crippen LogP contribution in [0, 0.1) is 5.92 Å². The van der Waals surface area contributed by atoms with E-state index in [0.717, 1.165) is 42.3 Å². The Hall–Kier alpha value is -3.05. The first-order valence-corrected chi connectivity index (χ1v) is 11.1. The molecule has 2 atom stereocenters. The van der Waals surface area contributed by atoms with E-state index in [1.165, 1.54) is 11.3 Å². The molecule has 5 nitrogen and oxygen atoms in total. The number of rotatable bonds is 4. The van der Waals surface area contributed by atoms with Gasteiger partial charge >= 0.3 is 0 Å². The van der Waals surface area contributed by atoms with E-state index in [4.69, 9.17) is 11.6 Å². The van der Waals surface area contributed by atoms with Crippen molar-refractivity contribution in [3.05, 3.63) is 89.2 Å². The fourth-order valence-electron chi connectivity index (χ4n) is 4.77. The van der Waals surface area contributed by atoms with E-state index < -0.39 is 0 Å². The van der Waals surface area contributed by atoms with Gasteiger partial charge < -0.3 is 15.1 Å². The molecule has 1 N–H and O–H groups in total. The number of benzene rings is 2. The summed E-state index contributed by atoms with van der Waals surface area (Å²) in [7, 11) is 0. The molecule has 0 radical (unpaired) electrons. The number of nitrogens with one attached hydrogen (secondary N) is 1. The Labute approximate surface area is 187 Å². The Bertz CT molecular complexity index is 1060. The van der Waals surface area contributed by atoms with Crippen LogP contribution in [0.25, 0.3) is 0 Å². The molecule has 2 aromatic carbocycles. The second kappa shape index (κ2) is 8.60. The second-order valence-electron chi connectivity index (χ2n) is 8.20. The third kappa shape index (κ3) is 4.10. The molecule has 31 heavy (non-hydrogen) atoms. The van der Waals surface area contributed by atoms with Crippen LogP contribution in [0.3, 0.4) is 0 Å². The first-order chi connectivity index (χ1) is 15.2. The molecule has 2 aliphatic rings. The van der Waals surface area contributed by atoms with Crippen molar-refractivity contribution >= 4 is 28.9 Å². The molecule has 1 amide bonds. The van der Waals surface area contributed by atoms with Gasteiger partial charge in [-0.3, -0.25) is 9.78 Å². The van der Waals surface area contributed by atoms with Crippen molar-refractivity contribution < 1.29 is 4.79 Å². The maximum absolute atomic E-state index is 13.3. The number of anilines is 2. The fraction of sp³-hybridized carbons (Fsp3) is 0.280. The van der Waals surface area contributed by atoms with Crippen molar-refractivity contribution in [1.82, 2.24) is 10.3 Å². The number of amides is 1. The molecular formula is C25H25ClN4O. The molecule has 1 fully saturated rings. The summed E-state index contributed by atoms with van der Waals surface area (Å²) in [6.07, 6.45) is 4.30. The van der Waals surface area contributed by atoms with Crippen LogP contribution in [0.4, 0.5) is 11.4 Å². The summed E-state index contributed by atoms with van der Waals surface area (Å²) in [6, 6.07) is 20.5. The standard InChI is InChI=1S/C25H25ClN4O/c26-20-7-9-21(10-8-20)29-12-13-30-23-6-2-1-5-19(23)14-22(24(30)17-29)25(31)28-16-18-4-3-11-27-15-18/h1-11,15,22,24H,12-14,16-17H2,(H,28,31). The highest BCUT2D eigenvalue weighted by Crippen LogP contribution is 2.37. The van der Waals surface area contributed by atoms with Gasteiger partial charge in [0.25, 0.3) is 0 Å². The molecule has 0 bridgehead atoms. The molecule has 158 valence electrons. The molecule has 2 unspecified atom stereocenters. The number of aromatic nitrogens is 1. The molecule has 0 saturated carbocycles. The molecular weight excluding hydrogens is 408 g/mol. The molecule has 6 heteroatoms. The maximum Gasteiger partial charge on any atom is 0.225 e. The summed E-state index contributed by atoms with van der Waals surface area (Å²) in [6.45, 7) is 3.10. The van der Waals surface area contributed by atoms with E-state index in [0.29, 0.717) is 6.54 Å². The summed E-state index contributed by atoms with van der Waals surface area (Å²) >= 11 is 6.08. The molecule has 1 aromatic heterocycles.